The highest BCUT2D eigenvalue weighted by Crippen LogP contribution is 2.13. The van der Waals surface area contributed by atoms with Gasteiger partial charge in [-0.25, -0.2) is 8.42 Å². The fourth-order valence-electron chi connectivity index (χ4n) is 1.35. The Morgan fingerprint density at radius 1 is 1.31 bits per heavy atom. The predicted molar refractivity (Wildman–Crippen MR) is 62.9 cm³/mol. The fraction of sp³-hybridized carbons (Fsp3) is 0.455. The van der Waals surface area contributed by atoms with Gasteiger partial charge < -0.3 is 10.8 Å². The standard InChI is InChI=1S/C11H17NO3S/c1-2-16(14,15)11-5-3-9(4-6-11)7-10(13)8-12/h3-6,10,13H,2,7-8,12H2,1H3. The third-order valence-electron chi connectivity index (χ3n) is 2.41. The van der Waals surface area contributed by atoms with Crippen LogP contribution in [0.4, 0.5) is 0 Å². The molecule has 0 aliphatic rings. The van der Waals surface area contributed by atoms with Crippen LogP contribution < -0.4 is 5.73 Å². The summed E-state index contributed by atoms with van der Waals surface area (Å²) in [5.74, 6) is 0.0950. The monoisotopic (exact) mass is 243 g/mol. The molecule has 0 saturated heterocycles. The maximum absolute atomic E-state index is 11.5. The van der Waals surface area contributed by atoms with Gasteiger partial charge in [0.15, 0.2) is 9.84 Å². The molecule has 0 heterocycles. The molecule has 4 nitrogen and oxygen atoms in total. The molecule has 0 aromatic heterocycles. The van der Waals surface area contributed by atoms with Crippen molar-refractivity contribution in [2.75, 3.05) is 12.3 Å². The molecule has 3 N–H and O–H groups in total. The Bertz CT molecular complexity index is 425. The van der Waals surface area contributed by atoms with E-state index in [-0.39, 0.29) is 12.3 Å². The SMILES string of the molecule is CCS(=O)(=O)c1ccc(CC(O)CN)cc1. The average Bonchev–Trinajstić information content (AvgIpc) is 2.29. The molecule has 5 heteroatoms. The van der Waals surface area contributed by atoms with Gasteiger partial charge in [-0.3, -0.25) is 0 Å². The summed E-state index contributed by atoms with van der Waals surface area (Å²) in [6.45, 7) is 1.82. The summed E-state index contributed by atoms with van der Waals surface area (Å²) in [7, 11) is -3.14. The molecule has 0 fully saturated rings. The average molecular weight is 243 g/mol. The van der Waals surface area contributed by atoms with Gasteiger partial charge in [0.05, 0.1) is 16.8 Å². The second kappa shape index (κ2) is 5.43. The first-order chi connectivity index (χ1) is 7.49. The molecular formula is C11H17NO3S. The quantitative estimate of drug-likeness (QED) is 0.781. The van der Waals surface area contributed by atoms with Gasteiger partial charge in [-0.15, -0.1) is 0 Å². The molecule has 1 atom stereocenters. The minimum atomic E-state index is -3.14. The van der Waals surface area contributed by atoms with Gasteiger partial charge >= 0.3 is 0 Å². The Labute approximate surface area is 96.0 Å². The Kier molecular flexibility index (Phi) is 4.46. The van der Waals surface area contributed by atoms with E-state index in [1.54, 1.807) is 31.2 Å². The lowest BCUT2D eigenvalue weighted by Gasteiger charge is -2.08. The zero-order valence-corrected chi connectivity index (χ0v) is 10.1. The summed E-state index contributed by atoms with van der Waals surface area (Å²) >= 11 is 0. The van der Waals surface area contributed by atoms with Gasteiger partial charge in [0.25, 0.3) is 0 Å². The van der Waals surface area contributed by atoms with Gasteiger partial charge in [-0.1, -0.05) is 19.1 Å². The van der Waals surface area contributed by atoms with Gasteiger partial charge in [0.1, 0.15) is 0 Å². The predicted octanol–water partition coefficient (Wildman–Crippen LogP) is 0.342. The fourth-order valence-corrected chi connectivity index (χ4v) is 2.24. The topological polar surface area (TPSA) is 80.4 Å². The number of benzene rings is 1. The summed E-state index contributed by atoms with van der Waals surface area (Å²) in [6, 6.07) is 6.55. The first-order valence-electron chi connectivity index (χ1n) is 5.19. The Balaban J connectivity index is 2.84. The van der Waals surface area contributed by atoms with Crippen LogP contribution in [0.25, 0.3) is 0 Å². The zero-order valence-electron chi connectivity index (χ0n) is 9.26. The number of hydrogen-bond donors (Lipinski definition) is 2. The molecule has 0 aliphatic carbocycles. The van der Waals surface area contributed by atoms with E-state index >= 15 is 0 Å². The molecule has 0 amide bonds. The number of hydrogen-bond acceptors (Lipinski definition) is 4. The van der Waals surface area contributed by atoms with Crippen molar-refractivity contribution < 1.29 is 13.5 Å². The molecule has 1 aromatic rings. The van der Waals surface area contributed by atoms with Gasteiger partial charge in [0, 0.05) is 6.54 Å². The van der Waals surface area contributed by atoms with E-state index in [9.17, 15) is 13.5 Å². The van der Waals surface area contributed by atoms with Crippen LogP contribution in [0, 0.1) is 0 Å². The molecule has 0 saturated carbocycles. The van der Waals surface area contributed by atoms with Crippen LogP contribution in [0.3, 0.4) is 0 Å². The maximum atomic E-state index is 11.5. The van der Waals surface area contributed by atoms with E-state index in [0.29, 0.717) is 11.3 Å². The van der Waals surface area contributed by atoms with E-state index in [2.05, 4.69) is 0 Å². The van der Waals surface area contributed by atoms with Gasteiger partial charge in [-0.2, -0.15) is 0 Å². The van der Waals surface area contributed by atoms with Crippen molar-refractivity contribution in [3.05, 3.63) is 29.8 Å². The summed E-state index contributed by atoms with van der Waals surface area (Å²) in [6.07, 6.45) is -0.128. The highest BCUT2D eigenvalue weighted by molar-refractivity contribution is 7.91. The molecule has 0 spiro atoms. The van der Waals surface area contributed by atoms with Crippen molar-refractivity contribution in [1.82, 2.24) is 0 Å². The molecule has 1 unspecified atom stereocenters. The van der Waals surface area contributed by atoms with Crippen molar-refractivity contribution in [2.45, 2.75) is 24.3 Å². The maximum Gasteiger partial charge on any atom is 0.178 e. The van der Waals surface area contributed by atoms with E-state index in [0.717, 1.165) is 5.56 Å². The van der Waals surface area contributed by atoms with E-state index in [1.807, 2.05) is 0 Å². The third kappa shape index (κ3) is 3.30. The second-order valence-corrected chi connectivity index (χ2v) is 5.92. The number of aliphatic hydroxyl groups excluding tert-OH is 1. The molecule has 16 heavy (non-hydrogen) atoms. The zero-order chi connectivity index (χ0) is 12.2. The Hall–Kier alpha value is -0.910. The minimum Gasteiger partial charge on any atom is -0.391 e. The summed E-state index contributed by atoms with van der Waals surface area (Å²) in [5, 5.41) is 9.34. The van der Waals surface area contributed by atoms with Crippen LogP contribution >= 0.6 is 0 Å². The lowest BCUT2D eigenvalue weighted by Crippen LogP contribution is -2.21. The van der Waals surface area contributed by atoms with Crippen molar-refractivity contribution in [2.24, 2.45) is 5.73 Å². The lowest BCUT2D eigenvalue weighted by molar-refractivity contribution is 0.183. The second-order valence-electron chi connectivity index (χ2n) is 3.64. The molecule has 0 bridgehead atoms. The number of rotatable bonds is 5. The van der Waals surface area contributed by atoms with Crippen molar-refractivity contribution in [3.63, 3.8) is 0 Å². The number of aliphatic hydroxyl groups is 1. The first-order valence-corrected chi connectivity index (χ1v) is 6.84. The van der Waals surface area contributed by atoms with Crippen LogP contribution in [-0.2, 0) is 16.3 Å². The molecule has 90 valence electrons. The van der Waals surface area contributed by atoms with Crippen LogP contribution in [0.1, 0.15) is 12.5 Å². The van der Waals surface area contributed by atoms with Crippen LogP contribution in [0.5, 0.6) is 0 Å². The van der Waals surface area contributed by atoms with E-state index in [4.69, 9.17) is 5.73 Å². The molecule has 0 radical (unpaired) electrons. The van der Waals surface area contributed by atoms with Crippen LogP contribution in [0.15, 0.2) is 29.2 Å². The molecule has 0 aliphatic heterocycles. The van der Waals surface area contributed by atoms with Crippen molar-refractivity contribution in [3.8, 4) is 0 Å². The van der Waals surface area contributed by atoms with Crippen molar-refractivity contribution >= 4 is 9.84 Å². The summed E-state index contributed by atoms with van der Waals surface area (Å²) in [5.41, 5.74) is 6.18. The Morgan fingerprint density at radius 2 is 1.88 bits per heavy atom. The minimum absolute atomic E-state index is 0.0950. The normalized spacial score (nSPS) is 13.7. The highest BCUT2D eigenvalue weighted by atomic mass is 32.2. The largest absolute Gasteiger partial charge is 0.391 e. The first kappa shape index (κ1) is 13.2. The summed E-state index contributed by atoms with van der Waals surface area (Å²) in [4.78, 5) is 0.320. The van der Waals surface area contributed by atoms with Crippen LogP contribution in [-0.4, -0.2) is 31.9 Å². The highest BCUT2D eigenvalue weighted by Gasteiger charge is 2.11. The van der Waals surface area contributed by atoms with Crippen molar-refractivity contribution in [1.29, 1.82) is 0 Å². The number of sulfone groups is 1. The molecule has 1 aromatic carbocycles. The lowest BCUT2D eigenvalue weighted by atomic mass is 10.1. The molecule has 1 rings (SSSR count). The Morgan fingerprint density at radius 3 is 2.31 bits per heavy atom. The molecular weight excluding hydrogens is 226 g/mol. The van der Waals surface area contributed by atoms with Gasteiger partial charge in [-0.05, 0) is 24.1 Å². The van der Waals surface area contributed by atoms with Gasteiger partial charge in [0.2, 0.25) is 0 Å². The summed E-state index contributed by atoms with van der Waals surface area (Å²) < 4.78 is 23.0. The van der Waals surface area contributed by atoms with E-state index < -0.39 is 15.9 Å². The smallest absolute Gasteiger partial charge is 0.178 e. The third-order valence-corrected chi connectivity index (χ3v) is 4.16. The van der Waals surface area contributed by atoms with Crippen LogP contribution in [0.2, 0.25) is 0 Å². The number of nitrogens with two attached hydrogens (primary N) is 1. The van der Waals surface area contributed by atoms with E-state index in [1.165, 1.54) is 0 Å².